The summed E-state index contributed by atoms with van der Waals surface area (Å²) in [6.07, 6.45) is -0.851. The number of nitrogens with one attached hydrogen (secondary N) is 2. The molecule has 0 spiro atoms. The maximum Gasteiger partial charge on any atom is 0.515 e. The number of fused-ring (bicyclic) bond motifs is 1. The van der Waals surface area contributed by atoms with Gasteiger partial charge in [0, 0.05) is 0 Å². The van der Waals surface area contributed by atoms with Gasteiger partial charge in [-0.1, -0.05) is 63.2 Å². The number of carbonyl (C=O) groups is 1. The van der Waals surface area contributed by atoms with Crippen LogP contribution in [-0.2, 0) is 20.2 Å². The first-order valence-corrected chi connectivity index (χ1v) is 12.6. The number of hydrogen-bond acceptors (Lipinski definition) is 6. The average Bonchev–Trinajstić information content (AvgIpc) is 3.16. The van der Waals surface area contributed by atoms with Crippen molar-refractivity contribution in [3.63, 3.8) is 0 Å². The van der Waals surface area contributed by atoms with Crippen molar-refractivity contribution in [1.29, 1.82) is 0 Å². The summed E-state index contributed by atoms with van der Waals surface area (Å²) in [6.45, 7) is 8.04. The predicted molar refractivity (Wildman–Crippen MR) is 135 cm³/mol. The lowest BCUT2D eigenvalue weighted by molar-refractivity contribution is 0.103. The Bertz CT molecular complexity index is 1450. The number of ether oxygens (including phenoxy) is 2. The van der Waals surface area contributed by atoms with Crippen molar-refractivity contribution in [1.82, 2.24) is 9.97 Å². The number of aromatic amines is 1. The van der Waals surface area contributed by atoms with E-state index >= 15 is 0 Å². The van der Waals surface area contributed by atoms with Gasteiger partial charge in [-0.25, -0.2) is 18.2 Å². The molecule has 2 N–H and O–H groups in total. The van der Waals surface area contributed by atoms with Gasteiger partial charge in [0.05, 0.1) is 22.6 Å². The molecule has 2 aromatic heterocycles. The van der Waals surface area contributed by atoms with Gasteiger partial charge in [0.1, 0.15) is 11.3 Å². The number of rotatable bonds is 6. The number of hydrogen-bond donors (Lipinski definition) is 2. The number of pyridine rings is 1. The van der Waals surface area contributed by atoms with Gasteiger partial charge in [-0.05, 0) is 47.7 Å². The normalized spacial score (nSPS) is 11.9. The smallest absolute Gasteiger partial charge is 0.434 e. The molecule has 0 fully saturated rings. The molecule has 0 unspecified atom stereocenters. The molecule has 9 heteroatoms. The number of anilines is 1. The molecular formula is C26H27N3O5S. The second kappa shape index (κ2) is 9.42. The first kappa shape index (κ1) is 24.3. The van der Waals surface area contributed by atoms with E-state index in [1.807, 2.05) is 42.5 Å². The molecule has 182 valence electrons. The van der Waals surface area contributed by atoms with E-state index in [0.29, 0.717) is 16.6 Å². The minimum atomic E-state index is -3.87. The fourth-order valence-corrected chi connectivity index (χ4v) is 4.61. The van der Waals surface area contributed by atoms with Gasteiger partial charge in [0.15, 0.2) is 0 Å². The molecule has 0 saturated heterocycles. The molecule has 2 aromatic carbocycles. The predicted octanol–water partition coefficient (Wildman–Crippen LogP) is 5.86. The summed E-state index contributed by atoms with van der Waals surface area (Å²) in [5.74, 6) is 0.297. The first-order chi connectivity index (χ1) is 16.6. The number of benzene rings is 2. The van der Waals surface area contributed by atoms with Crippen LogP contribution >= 0.6 is 0 Å². The Labute approximate surface area is 204 Å². The van der Waals surface area contributed by atoms with E-state index in [2.05, 4.69) is 35.5 Å². The zero-order valence-corrected chi connectivity index (χ0v) is 20.8. The Morgan fingerprint density at radius 1 is 1.00 bits per heavy atom. The Morgan fingerprint density at radius 2 is 1.69 bits per heavy atom. The highest BCUT2D eigenvalue weighted by atomic mass is 32.2. The van der Waals surface area contributed by atoms with E-state index in [0.717, 1.165) is 11.1 Å². The minimum absolute atomic E-state index is 0.0895. The van der Waals surface area contributed by atoms with Crippen molar-refractivity contribution < 1.29 is 22.7 Å². The zero-order chi connectivity index (χ0) is 25.2. The van der Waals surface area contributed by atoms with Crippen LogP contribution in [-0.4, -0.2) is 31.1 Å². The first-order valence-electron chi connectivity index (χ1n) is 11.1. The van der Waals surface area contributed by atoms with E-state index in [-0.39, 0.29) is 28.6 Å². The molecule has 0 aliphatic carbocycles. The number of sulfonamides is 1. The van der Waals surface area contributed by atoms with Crippen LogP contribution in [0.5, 0.6) is 5.88 Å². The Balaban J connectivity index is 1.72. The highest BCUT2D eigenvalue weighted by molar-refractivity contribution is 7.92. The van der Waals surface area contributed by atoms with Crippen molar-refractivity contribution in [2.45, 2.75) is 38.0 Å². The molecule has 4 aromatic rings. The average molecular weight is 494 g/mol. The standard InChI is InChI=1S/C26H27N3O5S/c1-5-33-25(30)34-24-22(17-9-7-6-8-10-17)23-20(27-24)15-16-21(28-23)29-35(31,32)19-13-11-18(12-14-19)26(2,3)4/h6-16,27H,5H2,1-4H3,(H,28,29). The van der Waals surface area contributed by atoms with Gasteiger partial charge in [-0.2, -0.15) is 0 Å². The third-order valence-electron chi connectivity index (χ3n) is 5.39. The maximum absolute atomic E-state index is 13.0. The Hall–Kier alpha value is -3.85. The molecule has 0 bridgehead atoms. The SMILES string of the molecule is CCOC(=O)Oc1[nH]c2ccc(NS(=O)(=O)c3ccc(C(C)(C)C)cc3)nc2c1-c1ccccc1. The molecule has 8 nitrogen and oxygen atoms in total. The molecule has 0 amide bonds. The van der Waals surface area contributed by atoms with E-state index in [1.54, 1.807) is 31.2 Å². The van der Waals surface area contributed by atoms with E-state index in [4.69, 9.17) is 9.47 Å². The topological polar surface area (TPSA) is 110 Å². The van der Waals surface area contributed by atoms with Crippen LogP contribution < -0.4 is 9.46 Å². The molecule has 0 saturated carbocycles. The monoisotopic (exact) mass is 493 g/mol. The van der Waals surface area contributed by atoms with Crippen molar-refractivity contribution in [3.8, 4) is 17.0 Å². The van der Waals surface area contributed by atoms with Crippen LogP contribution in [0.3, 0.4) is 0 Å². The van der Waals surface area contributed by atoms with Crippen molar-refractivity contribution >= 4 is 33.0 Å². The summed E-state index contributed by atoms with van der Waals surface area (Å²) in [4.78, 5) is 19.7. The molecule has 0 radical (unpaired) electrons. The molecule has 0 atom stereocenters. The lowest BCUT2D eigenvalue weighted by atomic mass is 9.87. The van der Waals surface area contributed by atoms with Gasteiger partial charge in [0.25, 0.3) is 10.0 Å². The molecule has 0 aliphatic heterocycles. The van der Waals surface area contributed by atoms with Crippen molar-refractivity contribution in [3.05, 3.63) is 72.3 Å². The van der Waals surface area contributed by atoms with Crippen LogP contribution in [0.25, 0.3) is 22.2 Å². The largest absolute Gasteiger partial charge is 0.515 e. The maximum atomic E-state index is 13.0. The fraction of sp³-hybridized carbons (Fsp3) is 0.231. The van der Waals surface area contributed by atoms with E-state index in [9.17, 15) is 13.2 Å². The lowest BCUT2D eigenvalue weighted by Gasteiger charge is -2.19. The van der Waals surface area contributed by atoms with Crippen LogP contribution in [0.4, 0.5) is 10.6 Å². The number of carbonyl (C=O) groups excluding carboxylic acids is 1. The Kier molecular flexibility index (Phi) is 6.53. The van der Waals surface area contributed by atoms with Crippen molar-refractivity contribution in [2.24, 2.45) is 0 Å². The van der Waals surface area contributed by atoms with Gasteiger partial charge in [-0.15, -0.1) is 0 Å². The molecule has 2 heterocycles. The summed E-state index contributed by atoms with van der Waals surface area (Å²) < 4.78 is 38.9. The molecule has 35 heavy (non-hydrogen) atoms. The van der Waals surface area contributed by atoms with Gasteiger partial charge < -0.3 is 14.5 Å². The quantitative estimate of drug-likeness (QED) is 0.325. The van der Waals surface area contributed by atoms with Crippen molar-refractivity contribution in [2.75, 3.05) is 11.3 Å². The van der Waals surface area contributed by atoms with Gasteiger partial charge >= 0.3 is 6.16 Å². The van der Waals surface area contributed by atoms with E-state index < -0.39 is 16.2 Å². The zero-order valence-electron chi connectivity index (χ0n) is 20.0. The number of nitrogens with zero attached hydrogens (tertiary/aromatic N) is 1. The summed E-state index contributed by atoms with van der Waals surface area (Å²) in [5, 5.41) is 0. The second-order valence-electron chi connectivity index (χ2n) is 8.95. The molecule has 0 aliphatic rings. The summed E-state index contributed by atoms with van der Waals surface area (Å²) in [6, 6.07) is 19.2. The van der Waals surface area contributed by atoms with E-state index in [1.165, 1.54) is 0 Å². The summed E-state index contributed by atoms with van der Waals surface area (Å²) >= 11 is 0. The van der Waals surface area contributed by atoms with Gasteiger partial charge in [0.2, 0.25) is 5.88 Å². The molecular weight excluding hydrogens is 466 g/mol. The summed E-state index contributed by atoms with van der Waals surface area (Å²) in [5.41, 5.74) is 3.21. The number of aromatic nitrogens is 2. The van der Waals surface area contributed by atoms with Crippen LogP contribution in [0.15, 0.2) is 71.6 Å². The van der Waals surface area contributed by atoms with Crippen LogP contribution in [0.2, 0.25) is 0 Å². The second-order valence-corrected chi connectivity index (χ2v) is 10.6. The fourth-order valence-electron chi connectivity index (χ4n) is 3.61. The minimum Gasteiger partial charge on any atom is -0.434 e. The Morgan fingerprint density at radius 3 is 2.31 bits per heavy atom. The lowest BCUT2D eigenvalue weighted by Crippen LogP contribution is -2.15. The molecule has 4 rings (SSSR count). The third-order valence-corrected chi connectivity index (χ3v) is 6.76. The number of H-pyrrole nitrogens is 1. The highest BCUT2D eigenvalue weighted by Gasteiger charge is 2.22. The van der Waals surface area contributed by atoms with Crippen LogP contribution in [0.1, 0.15) is 33.3 Å². The van der Waals surface area contributed by atoms with Crippen LogP contribution in [0, 0.1) is 0 Å². The van der Waals surface area contributed by atoms with Gasteiger partial charge in [-0.3, -0.25) is 4.72 Å². The third kappa shape index (κ3) is 5.30. The highest BCUT2D eigenvalue weighted by Crippen LogP contribution is 2.37. The summed E-state index contributed by atoms with van der Waals surface area (Å²) in [7, 11) is -3.87.